The smallest absolute Gasteiger partial charge is 0.317 e. The van der Waals surface area contributed by atoms with Crippen LogP contribution in [0.3, 0.4) is 0 Å². The second-order valence-electron chi connectivity index (χ2n) is 5.86. The second-order valence-corrected chi connectivity index (χ2v) is 5.86. The summed E-state index contributed by atoms with van der Waals surface area (Å²) in [5, 5.41) is 11.9. The molecule has 1 fully saturated rings. The van der Waals surface area contributed by atoms with Crippen molar-refractivity contribution in [1.82, 2.24) is 10.2 Å². The molecule has 0 saturated carbocycles. The molecule has 1 aromatic carbocycles. The molecule has 2 aliphatic heterocycles. The average molecular weight is 304 g/mol. The second kappa shape index (κ2) is 6.25. The van der Waals surface area contributed by atoms with Crippen molar-refractivity contribution in [3.63, 3.8) is 0 Å². The van der Waals surface area contributed by atoms with Crippen LogP contribution in [0.1, 0.15) is 18.4 Å². The number of para-hydroxylation sites is 1. The van der Waals surface area contributed by atoms with E-state index in [1.54, 1.807) is 4.90 Å². The molecule has 0 aromatic heterocycles. The Morgan fingerprint density at radius 3 is 2.95 bits per heavy atom. The van der Waals surface area contributed by atoms with Crippen LogP contribution in [-0.4, -0.2) is 47.7 Å². The number of nitrogens with zero attached hydrogens (tertiary/aromatic N) is 1. The third-order valence-corrected chi connectivity index (χ3v) is 4.25. The molecule has 2 N–H and O–H groups in total. The number of hydrogen-bond donors (Lipinski definition) is 2. The summed E-state index contributed by atoms with van der Waals surface area (Å²) < 4.78 is 5.78. The van der Waals surface area contributed by atoms with Crippen molar-refractivity contribution >= 4 is 12.0 Å². The first-order chi connectivity index (χ1) is 10.6. The van der Waals surface area contributed by atoms with E-state index in [4.69, 9.17) is 9.84 Å². The minimum Gasteiger partial charge on any atom is -0.488 e. The van der Waals surface area contributed by atoms with Crippen LogP contribution in [0.5, 0.6) is 5.75 Å². The molecule has 1 saturated heterocycles. The summed E-state index contributed by atoms with van der Waals surface area (Å²) in [7, 11) is 0. The van der Waals surface area contributed by atoms with Crippen LogP contribution in [0, 0.1) is 5.92 Å². The molecule has 2 atom stereocenters. The predicted molar refractivity (Wildman–Crippen MR) is 79.9 cm³/mol. The fourth-order valence-corrected chi connectivity index (χ4v) is 3.04. The highest BCUT2D eigenvalue weighted by molar-refractivity contribution is 5.76. The molecule has 0 radical (unpaired) electrons. The summed E-state index contributed by atoms with van der Waals surface area (Å²) in [6.07, 6.45) is 2.10. The molecule has 2 unspecified atom stereocenters. The standard InChI is InChI=1S/C16H20N2O4/c19-15(20)12-5-3-7-18(10-12)16(21)17-9-13-8-11-4-1-2-6-14(11)22-13/h1-2,4,6,12-13H,3,5,7-10H2,(H,17,21)(H,19,20). The highest BCUT2D eigenvalue weighted by Gasteiger charge is 2.29. The van der Waals surface area contributed by atoms with Gasteiger partial charge in [-0.05, 0) is 24.5 Å². The normalized spacial score (nSPS) is 23.5. The number of fused-ring (bicyclic) bond motifs is 1. The molecule has 3 rings (SSSR count). The van der Waals surface area contributed by atoms with Crippen molar-refractivity contribution in [3.8, 4) is 5.75 Å². The van der Waals surface area contributed by atoms with E-state index in [2.05, 4.69) is 5.32 Å². The van der Waals surface area contributed by atoms with E-state index in [0.717, 1.165) is 24.2 Å². The number of amides is 2. The van der Waals surface area contributed by atoms with Gasteiger partial charge in [-0.2, -0.15) is 0 Å². The molecule has 6 nitrogen and oxygen atoms in total. The topological polar surface area (TPSA) is 78.9 Å². The van der Waals surface area contributed by atoms with E-state index < -0.39 is 11.9 Å². The van der Waals surface area contributed by atoms with Crippen LogP contribution in [0.15, 0.2) is 24.3 Å². The SMILES string of the molecule is O=C(O)C1CCCN(C(=O)NCC2Cc3ccccc3O2)C1. The Labute approximate surface area is 129 Å². The predicted octanol–water partition coefficient (Wildman–Crippen LogP) is 1.50. The number of urea groups is 1. The summed E-state index contributed by atoms with van der Waals surface area (Å²) in [6, 6.07) is 7.66. The maximum Gasteiger partial charge on any atom is 0.317 e. The van der Waals surface area contributed by atoms with E-state index in [-0.39, 0.29) is 18.7 Å². The number of hydrogen-bond acceptors (Lipinski definition) is 3. The first-order valence-corrected chi connectivity index (χ1v) is 7.63. The Bertz CT molecular complexity index is 550. The Morgan fingerprint density at radius 1 is 1.36 bits per heavy atom. The molecular weight excluding hydrogens is 284 g/mol. The average Bonchev–Trinajstić information content (AvgIpc) is 2.95. The minimum absolute atomic E-state index is 0.0542. The number of carboxylic acid groups (broad SMARTS) is 1. The number of carbonyl (C=O) groups is 2. The van der Waals surface area contributed by atoms with E-state index in [9.17, 15) is 9.59 Å². The first-order valence-electron chi connectivity index (χ1n) is 7.63. The Hall–Kier alpha value is -2.24. The van der Waals surface area contributed by atoms with E-state index in [1.807, 2.05) is 24.3 Å². The van der Waals surface area contributed by atoms with Crippen molar-refractivity contribution in [2.45, 2.75) is 25.4 Å². The lowest BCUT2D eigenvalue weighted by Gasteiger charge is -2.31. The first kappa shape index (κ1) is 14.7. The molecule has 0 bridgehead atoms. The Morgan fingerprint density at radius 2 is 2.18 bits per heavy atom. The van der Waals surface area contributed by atoms with Gasteiger partial charge in [-0.25, -0.2) is 4.79 Å². The van der Waals surface area contributed by atoms with Crippen molar-refractivity contribution in [2.24, 2.45) is 5.92 Å². The maximum absolute atomic E-state index is 12.2. The molecule has 2 amide bonds. The quantitative estimate of drug-likeness (QED) is 0.887. The van der Waals surface area contributed by atoms with Crippen molar-refractivity contribution in [1.29, 1.82) is 0 Å². The fraction of sp³-hybridized carbons (Fsp3) is 0.500. The summed E-state index contributed by atoms with van der Waals surface area (Å²) in [6.45, 7) is 1.33. The molecule has 22 heavy (non-hydrogen) atoms. The number of carbonyl (C=O) groups excluding carboxylic acids is 1. The molecule has 0 aliphatic carbocycles. The summed E-state index contributed by atoms with van der Waals surface area (Å²) in [5.74, 6) is -0.399. The zero-order valence-corrected chi connectivity index (χ0v) is 12.3. The highest BCUT2D eigenvalue weighted by atomic mass is 16.5. The lowest BCUT2D eigenvalue weighted by atomic mass is 9.99. The Balaban J connectivity index is 1.48. The number of piperidine rings is 1. The van der Waals surface area contributed by atoms with Gasteiger partial charge in [0.15, 0.2) is 0 Å². The van der Waals surface area contributed by atoms with Gasteiger partial charge in [0.05, 0.1) is 12.5 Å². The number of nitrogens with one attached hydrogen (secondary N) is 1. The van der Waals surface area contributed by atoms with Gasteiger partial charge in [-0.1, -0.05) is 18.2 Å². The zero-order valence-electron chi connectivity index (χ0n) is 12.3. The number of rotatable bonds is 3. The summed E-state index contributed by atoms with van der Waals surface area (Å²) in [4.78, 5) is 24.8. The van der Waals surface area contributed by atoms with Gasteiger partial charge in [-0.3, -0.25) is 4.79 Å². The van der Waals surface area contributed by atoms with E-state index in [0.29, 0.717) is 19.5 Å². The molecule has 118 valence electrons. The molecule has 6 heteroatoms. The maximum atomic E-state index is 12.2. The molecule has 0 spiro atoms. The van der Waals surface area contributed by atoms with Gasteiger partial charge in [0.2, 0.25) is 0 Å². The summed E-state index contributed by atoms with van der Waals surface area (Å²) in [5.41, 5.74) is 1.16. The fourth-order valence-electron chi connectivity index (χ4n) is 3.04. The van der Waals surface area contributed by atoms with Crippen molar-refractivity contribution in [2.75, 3.05) is 19.6 Å². The van der Waals surface area contributed by atoms with Gasteiger partial charge in [0, 0.05) is 19.5 Å². The lowest BCUT2D eigenvalue weighted by molar-refractivity contribution is -0.143. The molecule has 2 heterocycles. The van der Waals surface area contributed by atoms with Crippen LogP contribution in [0.25, 0.3) is 0 Å². The number of aliphatic carboxylic acids is 1. The number of benzene rings is 1. The third-order valence-electron chi connectivity index (χ3n) is 4.25. The van der Waals surface area contributed by atoms with Gasteiger partial charge in [0.25, 0.3) is 0 Å². The van der Waals surface area contributed by atoms with Crippen LogP contribution < -0.4 is 10.1 Å². The van der Waals surface area contributed by atoms with Crippen LogP contribution >= 0.6 is 0 Å². The molecule has 1 aromatic rings. The van der Waals surface area contributed by atoms with E-state index >= 15 is 0 Å². The van der Waals surface area contributed by atoms with Crippen molar-refractivity contribution < 1.29 is 19.4 Å². The lowest BCUT2D eigenvalue weighted by Crippen LogP contribution is -2.48. The monoisotopic (exact) mass is 304 g/mol. The van der Waals surface area contributed by atoms with E-state index in [1.165, 1.54) is 0 Å². The van der Waals surface area contributed by atoms with Gasteiger partial charge < -0.3 is 20.1 Å². The Kier molecular flexibility index (Phi) is 4.18. The van der Waals surface area contributed by atoms with Crippen LogP contribution in [-0.2, 0) is 11.2 Å². The number of ether oxygens (including phenoxy) is 1. The van der Waals surface area contributed by atoms with Crippen molar-refractivity contribution in [3.05, 3.63) is 29.8 Å². The largest absolute Gasteiger partial charge is 0.488 e. The van der Waals surface area contributed by atoms with Gasteiger partial charge >= 0.3 is 12.0 Å². The van der Waals surface area contributed by atoms with Gasteiger partial charge in [-0.15, -0.1) is 0 Å². The van der Waals surface area contributed by atoms with Crippen LogP contribution in [0.4, 0.5) is 4.79 Å². The third kappa shape index (κ3) is 3.16. The number of likely N-dealkylation sites (tertiary alicyclic amines) is 1. The summed E-state index contributed by atoms with van der Waals surface area (Å²) >= 11 is 0. The molecule has 2 aliphatic rings. The minimum atomic E-state index is -0.827. The highest BCUT2D eigenvalue weighted by Crippen LogP contribution is 2.27. The number of carboxylic acids is 1. The molecular formula is C16H20N2O4. The zero-order chi connectivity index (χ0) is 15.5. The van der Waals surface area contributed by atoms with Crippen LogP contribution in [0.2, 0.25) is 0 Å². The van der Waals surface area contributed by atoms with Gasteiger partial charge in [0.1, 0.15) is 11.9 Å².